The summed E-state index contributed by atoms with van der Waals surface area (Å²) in [5, 5.41) is 15.0. The van der Waals surface area contributed by atoms with E-state index >= 15 is 0 Å². The van der Waals surface area contributed by atoms with Gasteiger partial charge >= 0.3 is 5.97 Å². The Bertz CT molecular complexity index is 562. The Morgan fingerprint density at radius 1 is 1.29 bits per heavy atom. The van der Waals surface area contributed by atoms with Gasteiger partial charge in [0.15, 0.2) is 0 Å². The van der Waals surface area contributed by atoms with Gasteiger partial charge in [-0.1, -0.05) is 0 Å². The summed E-state index contributed by atoms with van der Waals surface area (Å²) < 4.78 is 0. The highest BCUT2D eigenvalue weighted by molar-refractivity contribution is 5.96. The first kappa shape index (κ1) is 16.9. The molecule has 0 spiro atoms. The van der Waals surface area contributed by atoms with E-state index in [1.807, 2.05) is 20.8 Å². The molecule has 21 heavy (non-hydrogen) atoms. The first-order valence-corrected chi connectivity index (χ1v) is 6.81. The highest BCUT2D eigenvalue weighted by Gasteiger charge is 2.22. The van der Waals surface area contributed by atoms with Gasteiger partial charge < -0.3 is 15.7 Å². The number of carbonyl (C=O) groups excluding carboxylic acids is 1. The van der Waals surface area contributed by atoms with E-state index in [-0.39, 0.29) is 22.8 Å². The number of carboxylic acids is 1. The summed E-state index contributed by atoms with van der Waals surface area (Å²) in [5.74, 6) is -1.05. The van der Waals surface area contributed by atoms with E-state index in [0.29, 0.717) is 11.3 Å². The molecule has 1 heterocycles. The van der Waals surface area contributed by atoms with Crippen molar-refractivity contribution in [2.24, 2.45) is 0 Å². The van der Waals surface area contributed by atoms with Crippen molar-refractivity contribution in [1.82, 2.24) is 10.3 Å². The van der Waals surface area contributed by atoms with Crippen LogP contribution in [0.4, 0.5) is 5.82 Å². The van der Waals surface area contributed by atoms with E-state index < -0.39 is 12.0 Å². The molecule has 1 rings (SSSR count). The minimum absolute atomic E-state index is 0.0935. The number of rotatable bonds is 4. The lowest BCUT2D eigenvalue weighted by Gasteiger charge is -2.24. The van der Waals surface area contributed by atoms with Gasteiger partial charge in [-0.25, -0.2) is 9.78 Å². The molecule has 0 aliphatic rings. The fraction of sp³-hybridized carbons (Fsp3) is 0.533. The standard InChI is InChI=1S/C15H23N3O3/c1-8-7-9(2)16-12(11(8)14(20)21)17-10(3)13(19)18-15(4,5)6/h7,10H,1-6H3,(H,16,17)(H,18,19)(H,20,21). The van der Waals surface area contributed by atoms with Gasteiger partial charge in [0.2, 0.25) is 5.91 Å². The molecule has 0 radical (unpaired) electrons. The maximum Gasteiger partial charge on any atom is 0.339 e. The molecule has 0 aliphatic heterocycles. The number of carboxylic acid groups (broad SMARTS) is 1. The van der Waals surface area contributed by atoms with Crippen LogP contribution in [0.3, 0.4) is 0 Å². The molecule has 6 heteroatoms. The summed E-state index contributed by atoms with van der Waals surface area (Å²) in [6.45, 7) is 10.8. The van der Waals surface area contributed by atoms with E-state index in [9.17, 15) is 14.7 Å². The fourth-order valence-electron chi connectivity index (χ4n) is 1.96. The number of carbonyl (C=O) groups is 2. The van der Waals surface area contributed by atoms with Gasteiger partial charge in [0.05, 0.1) is 0 Å². The molecule has 6 nitrogen and oxygen atoms in total. The van der Waals surface area contributed by atoms with Crippen LogP contribution < -0.4 is 10.6 Å². The molecule has 1 amide bonds. The Morgan fingerprint density at radius 3 is 2.33 bits per heavy atom. The third-order valence-corrected chi connectivity index (χ3v) is 2.80. The first-order chi connectivity index (χ1) is 9.51. The van der Waals surface area contributed by atoms with Gasteiger partial charge in [0, 0.05) is 11.2 Å². The third kappa shape index (κ3) is 4.73. The van der Waals surface area contributed by atoms with Crippen molar-refractivity contribution >= 4 is 17.7 Å². The average Bonchev–Trinajstić information content (AvgIpc) is 2.24. The lowest BCUT2D eigenvalue weighted by molar-refractivity contribution is -0.122. The molecule has 0 saturated heterocycles. The summed E-state index contributed by atoms with van der Waals surface area (Å²) in [5.41, 5.74) is 1.05. The smallest absolute Gasteiger partial charge is 0.339 e. The molecule has 1 aromatic heterocycles. The Kier molecular flexibility index (Phi) is 4.93. The number of amides is 1. The van der Waals surface area contributed by atoms with E-state index in [1.165, 1.54) is 0 Å². The molecular formula is C15H23N3O3. The van der Waals surface area contributed by atoms with E-state index in [1.54, 1.807) is 26.8 Å². The summed E-state index contributed by atoms with van der Waals surface area (Å²) in [6, 6.07) is 1.12. The molecule has 0 fully saturated rings. The summed E-state index contributed by atoms with van der Waals surface area (Å²) in [4.78, 5) is 27.6. The molecular weight excluding hydrogens is 270 g/mol. The van der Waals surface area contributed by atoms with Crippen LogP contribution in [0.1, 0.15) is 49.3 Å². The van der Waals surface area contributed by atoms with Crippen LogP contribution in [0.15, 0.2) is 6.07 Å². The number of nitrogens with zero attached hydrogens (tertiary/aromatic N) is 1. The average molecular weight is 293 g/mol. The fourth-order valence-corrected chi connectivity index (χ4v) is 1.96. The molecule has 0 saturated carbocycles. The Morgan fingerprint density at radius 2 is 1.86 bits per heavy atom. The van der Waals surface area contributed by atoms with Gasteiger partial charge in [0.1, 0.15) is 17.4 Å². The van der Waals surface area contributed by atoms with Crippen LogP contribution in [0, 0.1) is 13.8 Å². The number of nitrogens with one attached hydrogen (secondary N) is 2. The van der Waals surface area contributed by atoms with Gasteiger partial charge in [-0.05, 0) is 53.2 Å². The second kappa shape index (κ2) is 6.11. The van der Waals surface area contributed by atoms with Crippen molar-refractivity contribution in [2.75, 3.05) is 5.32 Å². The second-order valence-corrected chi connectivity index (χ2v) is 6.21. The topological polar surface area (TPSA) is 91.3 Å². The second-order valence-electron chi connectivity index (χ2n) is 6.21. The normalized spacial score (nSPS) is 12.7. The van der Waals surface area contributed by atoms with Crippen molar-refractivity contribution in [1.29, 1.82) is 0 Å². The van der Waals surface area contributed by atoms with Crippen molar-refractivity contribution in [3.8, 4) is 0 Å². The van der Waals surface area contributed by atoms with Crippen LogP contribution in [0.5, 0.6) is 0 Å². The highest BCUT2D eigenvalue weighted by Crippen LogP contribution is 2.19. The monoisotopic (exact) mass is 293 g/mol. The minimum Gasteiger partial charge on any atom is -0.478 e. The number of pyridine rings is 1. The third-order valence-electron chi connectivity index (χ3n) is 2.80. The predicted molar refractivity (Wildman–Crippen MR) is 81.7 cm³/mol. The van der Waals surface area contributed by atoms with Crippen molar-refractivity contribution in [3.63, 3.8) is 0 Å². The number of aryl methyl sites for hydroxylation is 2. The molecule has 116 valence electrons. The van der Waals surface area contributed by atoms with Crippen LogP contribution in [-0.4, -0.2) is 33.5 Å². The van der Waals surface area contributed by atoms with Gasteiger partial charge in [0.25, 0.3) is 0 Å². The lowest BCUT2D eigenvalue weighted by Crippen LogP contribution is -2.47. The minimum atomic E-state index is -1.06. The molecule has 0 bridgehead atoms. The van der Waals surface area contributed by atoms with Gasteiger partial charge in [-0.2, -0.15) is 0 Å². The summed E-state index contributed by atoms with van der Waals surface area (Å²) in [7, 11) is 0. The number of aromatic carboxylic acids is 1. The van der Waals surface area contributed by atoms with Crippen molar-refractivity contribution in [3.05, 3.63) is 22.9 Å². The molecule has 1 unspecified atom stereocenters. The molecule has 1 aromatic rings. The predicted octanol–water partition coefficient (Wildman–Crippen LogP) is 2.11. The van der Waals surface area contributed by atoms with Crippen molar-refractivity contribution < 1.29 is 14.7 Å². The SMILES string of the molecule is Cc1cc(C)c(C(=O)O)c(NC(C)C(=O)NC(C)(C)C)n1. The Labute approximate surface area is 125 Å². The van der Waals surface area contributed by atoms with Crippen LogP contribution in [0.25, 0.3) is 0 Å². The summed E-state index contributed by atoms with van der Waals surface area (Å²) >= 11 is 0. The molecule has 3 N–H and O–H groups in total. The molecule has 0 aromatic carbocycles. The summed E-state index contributed by atoms with van der Waals surface area (Å²) in [6.07, 6.45) is 0. The zero-order valence-corrected chi connectivity index (χ0v) is 13.4. The van der Waals surface area contributed by atoms with E-state index in [4.69, 9.17) is 0 Å². The Hall–Kier alpha value is -2.11. The quantitative estimate of drug-likeness (QED) is 0.791. The van der Waals surface area contributed by atoms with Gasteiger partial charge in [-0.3, -0.25) is 4.79 Å². The van der Waals surface area contributed by atoms with Crippen LogP contribution in [-0.2, 0) is 4.79 Å². The van der Waals surface area contributed by atoms with Crippen molar-refractivity contribution in [2.45, 2.75) is 53.1 Å². The maximum absolute atomic E-state index is 12.1. The first-order valence-electron chi connectivity index (χ1n) is 6.81. The van der Waals surface area contributed by atoms with E-state index in [2.05, 4.69) is 15.6 Å². The Balaban J connectivity index is 3.02. The highest BCUT2D eigenvalue weighted by atomic mass is 16.4. The number of anilines is 1. The van der Waals surface area contributed by atoms with Gasteiger partial charge in [-0.15, -0.1) is 0 Å². The van der Waals surface area contributed by atoms with Crippen LogP contribution >= 0.6 is 0 Å². The zero-order chi connectivity index (χ0) is 16.4. The van der Waals surface area contributed by atoms with Crippen LogP contribution in [0.2, 0.25) is 0 Å². The number of aromatic nitrogens is 1. The zero-order valence-electron chi connectivity index (χ0n) is 13.4. The number of hydrogen-bond donors (Lipinski definition) is 3. The largest absolute Gasteiger partial charge is 0.478 e. The number of hydrogen-bond acceptors (Lipinski definition) is 4. The van der Waals surface area contributed by atoms with E-state index in [0.717, 1.165) is 0 Å². The molecule has 0 aliphatic carbocycles. The lowest BCUT2D eigenvalue weighted by atomic mass is 10.1. The maximum atomic E-state index is 12.1. The molecule has 1 atom stereocenters.